The number of aryl methyl sites for hydroxylation is 1. The zero-order valence-electron chi connectivity index (χ0n) is 10.2. The van der Waals surface area contributed by atoms with E-state index in [2.05, 4.69) is 19.1 Å². The van der Waals surface area contributed by atoms with Crippen LogP contribution >= 0.6 is 0 Å². The smallest absolute Gasteiger partial charge is 0.118 e. The lowest BCUT2D eigenvalue weighted by atomic mass is 9.93. The molecule has 1 unspecified atom stereocenters. The number of hydrogen-bond donors (Lipinski definition) is 1. The van der Waals surface area contributed by atoms with Crippen molar-refractivity contribution in [3.63, 3.8) is 0 Å². The molecule has 1 atom stereocenters. The highest BCUT2D eigenvalue weighted by Gasteiger charge is 2.42. The predicted octanol–water partition coefficient (Wildman–Crippen LogP) is 2.76. The number of rotatable bonds is 5. The molecule has 0 saturated heterocycles. The van der Waals surface area contributed by atoms with Crippen LogP contribution in [0.5, 0.6) is 5.75 Å². The van der Waals surface area contributed by atoms with Gasteiger partial charge in [-0.1, -0.05) is 19.1 Å². The van der Waals surface area contributed by atoms with Crippen molar-refractivity contribution in [2.45, 2.75) is 38.6 Å². The van der Waals surface area contributed by atoms with Crippen molar-refractivity contribution < 1.29 is 4.74 Å². The van der Waals surface area contributed by atoms with Gasteiger partial charge in [0, 0.05) is 6.04 Å². The number of nitrogens with two attached hydrogens (primary N) is 1. The molecule has 0 spiro atoms. The summed E-state index contributed by atoms with van der Waals surface area (Å²) in [6, 6.07) is 8.63. The first-order chi connectivity index (χ1) is 7.64. The number of hydrogen-bond acceptors (Lipinski definition) is 2. The first-order valence-electron chi connectivity index (χ1n) is 6.02. The van der Waals surface area contributed by atoms with Crippen molar-refractivity contribution in [1.29, 1.82) is 0 Å². The van der Waals surface area contributed by atoms with Crippen LogP contribution in [0, 0.1) is 5.41 Å². The summed E-state index contributed by atoms with van der Waals surface area (Å²) < 4.78 is 5.13. The average Bonchev–Trinajstić information content (AvgIpc) is 3.06. The van der Waals surface area contributed by atoms with Crippen LogP contribution in [-0.4, -0.2) is 13.2 Å². The molecule has 2 N–H and O–H groups in total. The monoisotopic (exact) mass is 219 g/mol. The molecule has 2 nitrogen and oxygen atoms in total. The zero-order chi connectivity index (χ0) is 11.6. The molecule has 88 valence electrons. The SMILES string of the molecule is COc1ccc(CCC(N)C2(C)CC2)cc1. The van der Waals surface area contributed by atoms with Gasteiger partial charge in [-0.25, -0.2) is 0 Å². The van der Waals surface area contributed by atoms with E-state index in [0.717, 1.165) is 18.6 Å². The molecule has 1 aromatic rings. The minimum absolute atomic E-state index is 0.356. The molecule has 16 heavy (non-hydrogen) atoms. The van der Waals surface area contributed by atoms with Crippen LogP contribution in [0.2, 0.25) is 0 Å². The standard InChI is InChI=1S/C14H21NO/c1-14(9-10-14)13(15)8-5-11-3-6-12(16-2)7-4-11/h3-4,6-7,13H,5,8-10,15H2,1-2H3. The summed E-state index contributed by atoms with van der Waals surface area (Å²) in [7, 11) is 1.69. The fourth-order valence-corrected chi connectivity index (χ4v) is 2.03. The third kappa shape index (κ3) is 2.56. The lowest BCUT2D eigenvalue weighted by Gasteiger charge is -2.18. The van der Waals surface area contributed by atoms with Gasteiger partial charge in [0.25, 0.3) is 0 Å². The van der Waals surface area contributed by atoms with E-state index in [-0.39, 0.29) is 0 Å². The highest BCUT2D eigenvalue weighted by molar-refractivity contribution is 5.27. The van der Waals surface area contributed by atoms with Gasteiger partial charge in [-0.05, 0) is 48.8 Å². The molecular formula is C14H21NO. The topological polar surface area (TPSA) is 35.2 Å². The molecule has 1 fully saturated rings. The normalized spacial score (nSPS) is 19.2. The summed E-state index contributed by atoms with van der Waals surface area (Å²) in [5.74, 6) is 0.919. The average molecular weight is 219 g/mol. The molecule has 0 aliphatic heterocycles. The summed E-state index contributed by atoms with van der Waals surface area (Å²) in [6.07, 6.45) is 4.76. The van der Waals surface area contributed by atoms with Gasteiger partial charge in [0.15, 0.2) is 0 Å². The summed E-state index contributed by atoms with van der Waals surface area (Å²) in [4.78, 5) is 0. The summed E-state index contributed by atoms with van der Waals surface area (Å²) >= 11 is 0. The van der Waals surface area contributed by atoms with Crippen LogP contribution in [0.25, 0.3) is 0 Å². The fraction of sp³-hybridized carbons (Fsp3) is 0.571. The maximum absolute atomic E-state index is 6.19. The molecule has 0 heterocycles. The van der Waals surface area contributed by atoms with Crippen LogP contribution in [0.4, 0.5) is 0 Å². The van der Waals surface area contributed by atoms with E-state index in [1.807, 2.05) is 12.1 Å². The van der Waals surface area contributed by atoms with Gasteiger partial charge in [0.1, 0.15) is 5.75 Å². The van der Waals surface area contributed by atoms with Gasteiger partial charge in [-0.15, -0.1) is 0 Å². The minimum atomic E-state index is 0.356. The molecule has 0 radical (unpaired) electrons. The van der Waals surface area contributed by atoms with Crippen LogP contribution in [-0.2, 0) is 6.42 Å². The Morgan fingerprint density at radius 3 is 2.44 bits per heavy atom. The number of methoxy groups -OCH3 is 1. The zero-order valence-corrected chi connectivity index (χ0v) is 10.2. The van der Waals surface area contributed by atoms with Gasteiger partial charge in [-0.2, -0.15) is 0 Å². The summed E-state index contributed by atoms with van der Waals surface area (Å²) in [5, 5.41) is 0. The largest absolute Gasteiger partial charge is 0.497 e. The van der Waals surface area contributed by atoms with Gasteiger partial charge >= 0.3 is 0 Å². The van der Waals surface area contributed by atoms with Crippen molar-refractivity contribution in [1.82, 2.24) is 0 Å². The van der Waals surface area contributed by atoms with Crippen molar-refractivity contribution in [2.75, 3.05) is 7.11 Å². The van der Waals surface area contributed by atoms with E-state index in [1.54, 1.807) is 7.11 Å². The van der Waals surface area contributed by atoms with Crippen LogP contribution in [0.1, 0.15) is 31.7 Å². The van der Waals surface area contributed by atoms with E-state index < -0.39 is 0 Å². The second-order valence-electron chi connectivity index (χ2n) is 5.15. The minimum Gasteiger partial charge on any atom is -0.497 e. The summed E-state index contributed by atoms with van der Waals surface area (Å²) in [6.45, 7) is 2.30. The van der Waals surface area contributed by atoms with E-state index in [0.29, 0.717) is 11.5 Å². The Morgan fingerprint density at radius 1 is 1.31 bits per heavy atom. The third-order valence-corrected chi connectivity index (χ3v) is 3.84. The Bertz CT molecular complexity index is 340. The predicted molar refractivity (Wildman–Crippen MR) is 66.6 cm³/mol. The maximum Gasteiger partial charge on any atom is 0.118 e. The molecule has 0 amide bonds. The molecule has 1 saturated carbocycles. The number of benzene rings is 1. The molecule has 2 rings (SSSR count). The molecule has 0 aromatic heterocycles. The Hall–Kier alpha value is -1.02. The highest BCUT2D eigenvalue weighted by atomic mass is 16.5. The molecule has 1 aliphatic carbocycles. The molecule has 1 aliphatic rings. The Balaban J connectivity index is 1.84. The van der Waals surface area contributed by atoms with Crippen molar-refractivity contribution in [3.8, 4) is 5.75 Å². The Labute approximate surface area is 97.8 Å². The molecule has 2 heteroatoms. The molecule has 0 bridgehead atoms. The third-order valence-electron chi connectivity index (χ3n) is 3.84. The Morgan fingerprint density at radius 2 is 1.94 bits per heavy atom. The van der Waals surface area contributed by atoms with E-state index >= 15 is 0 Å². The lowest BCUT2D eigenvalue weighted by Crippen LogP contribution is -2.29. The van der Waals surface area contributed by atoms with Crippen LogP contribution in [0.15, 0.2) is 24.3 Å². The van der Waals surface area contributed by atoms with Crippen LogP contribution in [0.3, 0.4) is 0 Å². The molecule has 1 aromatic carbocycles. The Kier molecular flexibility index (Phi) is 3.20. The van der Waals surface area contributed by atoms with Gasteiger partial charge in [0.05, 0.1) is 7.11 Å². The quantitative estimate of drug-likeness (QED) is 0.826. The first kappa shape index (κ1) is 11.5. The summed E-state index contributed by atoms with van der Waals surface area (Å²) in [5.41, 5.74) is 7.98. The second kappa shape index (κ2) is 4.46. The van der Waals surface area contributed by atoms with Crippen molar-refractivity contribution in [3.05, 3.63) is 29.8 Å². The van der Waals surface area contributed by atoms with Gasteiger partial charge in [-0.3, -0.25) is 0 Å². The van der Waals surface area contributed by atoms with Crippen molar-refractivity contribution >= 4 is 0 Å². The second-order valence-corrected chi connectivity index (χ2v) is 5.15. The highest BCUT2D eigenvalue weighted by Crippen LogP contribution is 2.48. The van der Waals surface area contributed by atoms with E-state index in [4.69, 9.17) is 10.5 Å². The maximum atomic E-state index is 6.19. The van der Waals surface area contributed by atoms with Crippen LogP contribution < -0.4 is 10.5 Å². The van der Waals surface area contributed by atoms with E-state index in [1.165, 1.54) is 18.4 Å². The molecular weight excluding hydrogens is 198 g/mol. The first-order valence-corrected chi connectivity index (χ1v) is 6.02. The number of ether oxygens (including phenoxy) is 1. The van der Waals surface area contributed by atoms with Gasteiger partial charge in [0.2, 0.25) is 0 Å². The van der Waals surface area contributed by atoms with E-state index in [9.17, 15) is 0 Å². The van der Waals surface area contributed by atoms with Gasteiger partial charge < -0.3 is 10.5 Å². The fourth-order valence-electron chi connectivity index (χ4n) is 2.03. The van der Waals surface area contributed by atoms with Crippen molar-refractivity contribution in [2.24, 2.45) is 11.1 Å². The lowest BCUT2D eigenvalue weighted by molar-refractivity contribution is 0.410.